The second kappa shape index (κ2) is 7.75. The number of hydrogen-bond donors (Lipinski definition) is 2. The molecule has 0 bridgehead atoms. The second-order valence-electron chi connectivity index (χ2n) is 4.68. The average Bonchev–Trinajstić information content (AvgIpc) is 2.35. The Hall–Kier alpha value is -1.75. The van der Waals surface area contributed by atoms with Gasteiger partial charge in [-0.3, -0.25) is 4.79 Å². The summed E-state index contributed by atoms with van der Waals surface area (Å²) in [5.74, 6) is -0.994. The fraction of sp³-hybridized carbons (Fsp3) is 0.429. The highest BCUT2D eigenvalue weighted by molar-refractivity contribution is 6.30. The van der Waals surface area contributed by atoms with Gasteiger partial charge >= 0.3 is 5.97 Å². The van der Waals surface area contributed by atoms with Gasteiger partial charge in [-0.2, -0.15) is 0 Å². The van der Waals surface area contributed by atoms with E-state index >= 15 is 0 Å². The number of amides is 1. The lowest BCUT2D eigenvalue weighted by Crippen LogP contribution is -2.44. The number of rotatable bonds is 7. The molecular weight excluding hydrogens is 282 g/mol. The molecule has 0 spiro atoms. The van der Waals surface area contributed by atoms with Crippen LogP contribution in [-0.2, 0) is 9.59 Å². The fourth-order valence-electron chi connectivity index (χ4n) is 1.58. The molecule has 0 unspecified atom stereocenters. The van der Waals surface area contributed by atoms with Gasteiger partial charge in [-0.05, 0) is 24.1 Å². The molecule has 0 aliphatic rings. The number of carbonyl (C=O) groups excluding carboxylic acids is 1. The highest BCUT2D eigenvalue weighted by atomic mass is 35.5. The molecule has 5 nitrogen and oxygen atoms in total. The number of carboxylic acids is 1. The zero-order valence-electron chi connectivity index (χ0n) is 11.4. The van der Waals surface area contributed by atoms with Gasteiger partial charge in [-0.25, -0.2) is 4.79 Å². The maximum Gasteiger partial charge on any atom is 0.326 e. The van der Waals surface area contributed by atoms with Crippen LogP contribution in [0.15, 0.2) is 24.3 Å². The van der Waals surface area contributed by atoms with Crippen molar-refractivity contribution in [2.24, 2.45) is 5.92 Å². The first kappa shape index (κ1) is 16.3. The first-order valence-electron chi connectivity index (χ1n) is 6.30. The van der Waals surface area contributed by atoms with Gasteiger partial charge in [0, 0.05) is 5.02 Å². The molecular formula is C14H18ClNO4. The van der Waals surface area contributed by atoms with Gasteiger partial charge in [0.2, 0.25) is 5.91 Å². The molecule has 110 valence electrons. The van der Waals surface area contributed by atoms with Crippen LogP contribution in [0.1, 0.15) is 20.3 Å². The van der Waals surface area contributed by atoms with Crippen molar-refractivity contribution < 1.29 is 19.4 Å². The lowest BCUT2D eigenvalue weighted by Gasteiger charge is -2.17. The Balaban J connectivity index is 2.38. The molecule has 0 saturated carbocycles. The highest BCUT2D eigenvalue weighted by Gasteiger charge is 2.23. The fourth-order valence-corrected chi connectivity index (χ4v) is 1.76. The summed E-state index contributed by atoms with van der Waals surface area (Å²) in [5.41, 5.74) is 0. The van der Waals surface area contributed by atoms with Gasteiger partial charge in [0.1, 0.15) is 11.8 Å². The number of halogens is 1. The molecule has 1 atom stereocenters. The number of benzene rings is 1. The van der Waals surface area contributed by atoms with Crippen LogP contribution >= 0.6 is 11.6 Å². The molecule has 1 rings (SSSR count). The normalized spacial score (nSPS) is 12.0. The third kappa shape index (κ3) is 5.48. The van der Waals surface area contributed by atoms with Crippen molar-refractivity contribution >= 4 is 23.5 Å². The minimum atomic E-state index is -1.04. The first-order valence-corrected chi connectivity index (χ1v) is 6.68. The predicted molar refractivity (Wildman–Crippen MR) is 76.0 cm³/mol. The van der Waals surface area contributed by atoms with Crippen LogP contribution < -0.4 is 10.1 Å². The Morgan fingerprint density at radius 1 is 1.40 bits per heavy atom. The van der Waals surface area contributed by atoms with E-state index in [0.29, 0.717) is 10.8 Å². The van der Waals surface area contributed by atoms with Crippen LogP contribution in [0.3, 0.4) is 0 Å². The van der Waals surface area contributed by atoms with Crippen LogP contribution in [-0.4, -0.2) is 29.6 Å². The summed E-state index contributed by atoms with van der Waals surface area (Å²) in [7, 11) is 0. The number of ether oxygens (including phenoxy) is 1. The molecule has 1 aromatic carbocycles. The van der Waals surface area contributed by atoms with Gasteiger partial charge in [0.15, 0.2) is 0 Å². The van der Waals surface area contributed by atoms with E-state index < -0.39 is 12.0 Å². The van der Waals surface area contributed by atoms with E-state index in [0.717, 1.165) is 0 Å². The van der Waals surface area contributed by atoms with Crippen LogP contribution in [0.5, 0.6) is 5.75 Å². The zero-order chi connectivity index (χ0) is 15.1. The van der Waals surface area contributed by atoms with E-state index in [9.17, 15) is 9.59 Å². The Morgan fingerprint density at radius 2 is 2.10 bits per heavy atom. The van der Waals surface area contributed by atoms with Crippen molar-refractivity contribution in [1.82, 2.24) is 5.32 Å². The standard InChI is InChI=1S/C14H18ClNO4/c1-9(2)13(14(18)19)16-12(17)6-7-20-11-5-3-4-10(15)8-11/h3-5,8-9,13H,6-7H2,1-2H3,(H,16,17)(H,18,19)/t13-/m1/s1. The number of carbonyl (C=O) groups is 2. The van der Waals surface area contributed by atoms with Crippen LogP contribution in [0.4, 0.5) is 0 Å². The minimum Gasteiger partial charge on any atom is -0.493 e. The highest BCUT2D eigenvalue weighted by Crippen LogP contribution is 2.17. The quantitative estimate of drug-likeness (QED) is 0.810. The molecule has 20 heavy (non-hydrogen) atoms. The minimum absolute atomic E-state index is 0.0863. The van der Waals surface area contributed by atoms with Crippen molar-refractivity contribution in [2.75, 3.05) is 6.61 Å². The van der Waals surface area contributed by atoms with Gasteiger partial charge in [0.05, 0.1) is 13.0 Å². The van der Waals surface area contributed by atoms with Gasteiger partial charge in [-0.1, -0.05) is 31.5 Å². The number of hydrogen-bond acceptors (Lipinski definition) is 3. The molecule has 0 heterocycles. The Labute approximate surface area is 122 Å². The summed E-state index contributed by atoms with van der Waals surface area (Å²) in [5, 5.41) is 12.0. The van der Waals surface area contributed by atoms with Crippen molar-refractivity contribution in [3.8, 4) is 5.75 Å². The molecule has 0 saturated heterocycles. The Bertz CT molecular complexity index is 476. The van der Waals surface area contributed by atoms with E-state index in [1.165, 1.54) is 0 Å². The first-order chi connectivity index (χ1) is 9.40. The number of aliphatic carboxylic acids is 1. The van der Waals surface area contributed by atoms with Crippen molar-refractivity contribution in [1.29, 1.82) is 0 Å². The molecule has 0 aliphatic heterocycles. The number of nitrogens with one attached hydrogen (secondary N) is 1. The third-order valence-electron chi connectivity index (χ3n) is 2.64. The monoisotopic (exact) mass is 299 g/mol. The Morgan fingerprint density at radius 3 is 2.65 bits per heavy atom. The summed E-state index contributed by atoms with van der Waals surface area (Å²) < 4.78 is 5.37. The van der Waals surface area contributed by atoms with Crippen LogP contribution in [0, 0.1) is 5.92 Å². The molecule has 0 fully saturated rings. The summed E-state index contributed by atoms with van der Waals surface area (Å²) in [4.78, 5) is 22.6. The predicted octanol–water partition coefficient (Wildman–Crippen LogP) is 2.33. The average molecular weight is 300 g/mol. The maximum absolute atomic E-state index is 11.6. The largest absolute Gasteiger partial charge is 0.493 e. The van der Waals surface area contributed by atoms with E-state index in [4.69, 9.17) is 21.4 Å². The van der Waals surface area contributed by atoms with E-state index in [1.54, 1.807) is 38.1 Å². The van der Waals surface area contributed by atoms with Gasteiger partial charge in [0.25, 0.3) is 0 Å². The summed E-state index contributed by atoms with van der Waals surface area (Å²) >= 11 is 5.80. The Kier molecular flexibility index (Phi) is 6.31. The van der Waals surface area contributed by atoms with E-state index in [2.05, 4.69) is 5.32 Å². The summed E-state index contributed by atoms with van der Waals surface area (Å²) in [6.07, 6.45) is 0.0863. The second-order valence-corrected chi connectivity index (χ2v) is 5.12. The van der Waals surface area contributed by atoms with Crippen molar-refractivity contribution in [2.45, 2.75) is 26.3 Å². The van der Waals surface area contributed by atoms with Crippen molar-refractivity contribution in [3.05, 3.63) is 29.3 Å². The topological polar surface area (TPSA) is 75.6 Å². The van der Waals surface area contributed by atoms with Gasteiger partial charge < -0.3 is 15.2 Å². The third-order valence-corrected chi connectivity index (χ3v) is 2.88. The van der Waals surface area contributed by atoms with E-state index in [1.807, 2.05) is 0 Å². The molecule has 0 aliphatic carbocycles. The molecule has 6 heteroatoms. The molecule has 2 N–H and O–H groups in total. The molecule has 1 amide bonds. The van der Waals surface area contributed by atoms with E-state index in [-0.39, 0.29) is 24.9 Å². The maximum atomic E-state index is 11.6. The van der Waals surface area contributed by atoms with Crippen LogP contribution in [0.2, 0.25) is 5.02 Å². The van der Waals surface area contributed by atoms with Crippen LogP contribution in [0.25, 0.3) is 0 Å². The SMILES string of the molecule is CC(C)[C@@H](NC(=O)CCOc1cccc(Cl)c1)C(=O)O. The lowest BCUT2D eigenvalue weighted by molar-refractivity contribution is -0.143. The zero-order valence-corrected chi connectivity index (χ0v) is 12.2. The number of carboxylic acid groups (broad SMARTS) is 1. The smallest absolute Gasteiger partial charge is 0.326 e. The molecule has 1 aromatic rings. The molecule has 0 radical (unpaired) electrons. The summed E-state index contributed by atoms with van der Waals surface area (Å²) in [6.45, 7) is 3.64. The summed E-state index contributed by atoms with van der Waals surface area (Å²) in [6, 6.07) is 5.97. The molecule has 0 aromatic heterocycles. The van der Waals surface area contributed by atoms with Gasteiger partial charge in [-0.15, -0.1) is 0 Å². The lowest BCUT2D eigenvalue weighted by atomic mass is 10.0. The van der Waals surface area contributed by atoms with Crippen molar-refractivity contribution in [3.63, 3.8) is 0 Å².